The summed E-state index contributed by atoms with van der Waals surface area (Å²) in [4.78, 5) is 11.8. The summed E-state index contributed by atoms with van der Waals surface area (Å²) in [5, 5.41) is 12.7. The highest BCUT2D eigenvalue weighted by molar-refractivity contribution is 9.10. The minimum atomic E-state index is -0.357. The zero-order chi connectivity index (χ0) is 12.8. The third kappa shape index (κ3) is 4.66. The van der Waals surface area contributed by atoms with E-state index < -0.39 is 0 Å². The zero-order valence-corrected chi connectivity index (χ0v) is 11.9. The fraction of sp³-hybridized carbons (Fsp3) is 0.417. The summed E-state index contributed by atoms with van der Waals surface area (Å²) >= 11 is 9.08. The molecule has 0 radical (unpaired) electrons. The van der Waals surface area contributed by atoms with Gasteiger partial charge in [-0.3, -0.25) is 4.79 Å². The molecule has 0 aliphatic carbocycles. The van der Waals surface area contributed by atoms with Crippen LogP contribution in [-0.2, 0) is 0 Å². The van der Waals surface area contributed by atoms with Crippen molar-refractivity contribution in [1.29, 1.82) is 0 Å². The smallest absolute Gasteiger partial charge is 0.252 e. The standard InChI is InChI=1S/C12H15BrClNO2/c1-2-9(16)5-6-15-12(17)10-4-3-8(14)7-11(10)13/h3-4,7,9,16H,2,5-6H2,1H3,(H,15,17). The molecule has 0 fully saturated rings. The molecule has 0 bridgehead atoms. The topological polar surface area (TPSA) is 49.3 Å². The van der Waals surface area contributed by atoms with Gasteiger partial charge in [0.15, 0.2) is 0 Å². The molecule has 0 heterocycles. The number of aliphatic hydroxyl groups excluding tert-OH is 1. The fourth-order valence-corrected chi connectivity index (χ4v) is 2.19. The van der Waals surface area contributed by atoms with Crippen molar-refractivity contribution < 1.29 is 9.90 Å². The molecule has 94 valence electrons. The van der Waals surface area contributed by atoms with Crippen LogP contribution in [0.1, 0.15) is 30.1 Å². The van der Waals surface area contributed by atoms with Gasteiger partial charge in [-0.1, -0.05) is 18.5 Å². The predicted molar refractivity (Wildman–Crippen MR) is 72.4 cm³/mol. The highest BCUT2D eigenvalue weighted by Crippen LogP contribution is 2.21. The lowest BCUT2D eigenvalue weighted by Gasteiger charge is -2.09. The normalized spacial score (nSPS) is 12.2. The van der Waals surface area contributed by atoms with Gasteiger partial charge in [-0.15, -0.1) is 0 Å². The first-order valence-corrected chi connectivity index (χ1v) is 6.63. The Kier molecular flexibility index (Phi) is 5.95. The Morgan fingerprint density at radius 1 is 1.59 bits per heavy atom. The van der Waals surface area contributed by atoms with E-state index in [1.807, 2.05) is 6.92 Å². The summed E-state index contributed by atoms with van der Waals surface area (Å²) in [6.45, 7) is 2.37. The van der Waals surface area contributed by atoms with Gasteiger partial charge in [-0.2, -0.15) is 0 Å². The van der Waals surface area contributed by atoms with Crippen molar-refractivity contribution in [2.24, 2.45) is 0 Å². The molecule has 0 aromatic heterocycles. The lowest BCUT2D eigenvalue weighted by Crippen LogP contribution is -2.27. The molecule has 1 rings (SSSR count). The van der Waals surface area contributed by atoms with Crippen LogP contribution in [-0.4, -0.2) is 23.7 Å². The highest BCUT2D eigenvalue weighted by Gasteiger charge is 2.10. The molecule has 0 spiro atoms. The van der Waals surface area contributed by atoms with E-state index in [9.17, 15) is 9.90 Å². The average Bonchev–Trinajstić information content (AvgIpc) is 2.28. The first-order chi connectivity index (χ1) is 8.04. The molecule has 5 heteroatoms. The molecule has 0 saturated carbocycles. The monoisotopic (exact) mass is 319 g/mol. The third-order valence-electron chi connectivity index (χ3n) is 2.41. The lowest BCUT2D eigenvalue weighted by atomic mass is 10.2. The van der Waals surface area contributed by atoms with E-state index >= 15 is 0 Å². The van der Waals surface area contributed by atoms with Gasteiger partial charge >= 0.3 is 0 Å². The zero-order valence-electron chi connectivity index (χ0n) is 9.54. The van der Waals surface area contributed by atoms with Crippen LogP contribution in [0.15, 0.2) is 22.7 Å². The van der Waals surface area contributed by atoms with Crippen molar-refractivity contribution in [3.63, 3.8) is 0 Å². The van der Waals surface area contributed by atoms with Gasteiger partial charge in [0.1, 0.15) is 0 Å². The largest absolute Gasteiger partial charge is 0.393 e. The van der Waals surface area contributed by atoms with Gasteiger partial charge in [-0.25, -0.2) is 0 Å². The summed E-state index contributed by atoms with van der Waals surface area (Å²) in [7, 11) is 0. The second kappa shape index (κ2) is 6.99. The van der Waals surface area contributed by atoms with Gasteiger partial charge in [0.2, 0.25) is 0 Å². The number of halogens is 2. The first-order valence-electron chi connectivity index (χ1n) is 5.46. The van der Waals surface area contributed by atoms with Gasteiger partial charge in [0.25, 0.3) is 5.91 Å². The second-order valence-corrected chi connectivity index (χ2v) is 5.02. The van der Waals surface area contributed by atoms with Crippen molar-refractivity contribution in [1.82, 2.24) is 5.32 Å². The van der Waals surface area contributed by atoms with Crippen molar-refractivity contribution in [2.75, 3.05) is 6.54 Å². The van der Waals surface area contributed by atoms with Crippen LogP contribution in [0.4, 0.5) is 0 Å². The van der Waals surface area contributed by atoms with Gasteiger partial charge in [0, 0.05) is 16.0 Å². The summed E-state index contributed by atoms with van der Waals surface area (Å²) in [6, 6.07) is 5.01. The Hall–Kier alpha value is -0.580. The summed E-state index contributed by atoms with van der Waals surface area (Å²) in [5.74, 6) is -0.170. The number of benzene rings is 1. The van der Waals surface area contributed by atoms with E-state index in [2.05, 4.69) is 21.2 Å². The van der Waals surface area contributed by atoms with Crippen LogP contribution in [0.3, 0.4) is 0 Å². The van der Waals surface area contributed by atoms with E-state index in [0.29, 0.717) is 34.4 Å². The number of amides is 1. The number of aliphatic hydroxyl groups is 1. The Balaban J connectivity index is 2.52. The minimum Gasteiger partial charge on any atom is -0.393 e. The molecule has 0 saturated heterocycles. The summed E-state index contributed by atoms with van der Waals surface area (Å²) in [5.41, 5.74) is 0.542. The summed E-state index contributed by atoms with van der Waals surface area (Å²) in [6.07, 6.45) is 0.900. The number of carbonyl (C=O) groups is 1. The van der Waals surface area contributed by atoms with Crippen LogP contribution in [0.25, 0.3) is 0 Å². The van der Waals surface area contributed by atoms with Crippen molar-refractivity contribution >= 4 is 33.4 Å². The second-order valence-electron chi connectivity index (χ2n) is 3.73. The maximum atomic E-state index is 11.8. The summed E-state index contributed by atoms with van der Waals surface area (Å²) < 4.78 is 0.665. The first kappa shape index (κ1) is 14.5. The number of hydrogen-bond donors (Lipinski definition) is 2. The molecular weight excluding hydrogens is 305 g/mol. The molecule has 1 unspecified atom stereocenters. The van der Waals surface area contributed by atoms with E-state index in [0.717, 1.165) is 0 Å². The SMILES string of the molecule is CCC(O)CCNC(=O)c1ccc(Cl)cc1Br. The van der Waals surface area contributed by atoms with E-state index in [4.69, 9.17) is 11.6 Å². The molecule has 1 aromatic rings. The Bertz CT molecular complexity index is 398. The number of carbonyl (C=O) groups excluding carboxylic acids is 1. The van der Waals surface area contributed by atoms with Gasteiger partial charge in [0.05, 0.1) is 11.7 Å². The van der Waals surface area contributed by atoms with Crippen LogP contribution in [0.5, 0.6) is 0 Å². The van der Waals surface area contributed by atoms with Crippen molar-refractivity contribution in [3.05, 3.63) is 33.3 Å². The molecule has 3 nitrogen and oxygen atoms in total. The average molecular weight is 321 g/mol. The number of hydrogen-bond acceptors (Lipinski definition) is 2. The molecule has 1 amide bonds. The van der Waals surface area contributed by atoms with Gasteiger partial charge in [-0.05, 0) is 47.0 Å². The number of rotatable bonds is 5. The van der Waals surface area contributed by atoms with Crippen LogP contribution in [0.2, 0.25) is 5.02 Å². The van der Waals surface area contributed by atoms with Gasteiger partial charge < -0.3 is 10.4 Å². The lowest BCUT2D eigenvalue weighted by molar-refractivity contribution is 0.0941. The maximum Gasteiger partial charge on any atom is 0.252 e. The maximum absolute atomic E-state index is 11.8. The van der Waals surface area contributed by atoms with Crippen LogP contribution >= 0.6 is 27.5 Å². The van der Waals surface area contributed by atoms with E-state index in [1.54, 1.807) is 18.2 Å². The molecule has 2 N–H and O–H groups in total. The van der Waals surface area contributed by atoms with Crippen LogP contribution < -0.4 is 5.32 Å². The van der Waals surface area contributed by atoms with Crippen LogP contribution in [0, 0.1) is 0 Å². The van der Waals surface area contributed by atoms with E-state index in [1.165, 1.54) is 0 Å². The molecule has 0 aliphatic heterocycles. The predicted octanol–water partition coefficient (Wildman–Crippen LogP) is 2.99. The molecule has 1 atom stereocenters. The Labute approximate surface area is 114 Å². The molecule has 0 aliphatic rings. The van der Waals surface area contributed by atoms with E-state index in [-0.39, 0.29) is 12.0 Å². The quantitative estimate of drug-likeness (QED) is 0.876. The molecule has 1 aromatic carbocycles. The highest BCUT2D eigenvalue weighted by atomic mass is 79.9. The van der Waals surface area contributed by atoms with Crippen molar-refractivity contribution in [2.45, 2.75) is 25.9 Å². The molecule has 17 heavy (non-hydrogen) atoms. The third-order valence-corrected chi connectivity index (χ3v) is 3.30. The Morgan fingerprint density at radius 2 is 2.29 bits per heavy atom. The number of nitrogens with one attached hydrogen (secondary N) is 1. The minimum absolute atomic E-state index is 0.170. The molecular formula is C12H15BrClNO2. The Morgan fingerprint density at radius 3 is 2.88 bits per heavy atom. The van der Waals surface area contributed by atoms with Crippen molar-refractivity contribution in [3.8, 4) is 0 Å². The fourth-order valence-electron chi connectivity index (χ4n) is 1.33.